The van der Waals surface area contributed by atoms with Crippen molar-refractivity contribution in [3.8, 4) is 5.82 Å². The summed E-state index contributed by atoms with van der Waals surface area (Å²) in [7, 11) is 0. The number of hydrogen-bond donors (Lipinski definition) is 2. The molecule has 154 valence electrons. The van der Waals surface area contributed by atoms with Gasteiger partial charge < -0.3 is 10.8 Å². The van der Waals surface area contributed by atoms with Crippen LogP contribution in [0.2, 0.25) is 0 Å². The first-order valence-electron chi connectivity index (χ1n) is 7.18. The highest BCUT2D eigenvalue weighted by atomic mass is 79.9. The van der Waals surface area contributed by atoms with Gasteiger partial charge in [0, 0.05) is 22.8 Å². The summed E-state index contributed by atoms with van der Waals surface area (Å²) in [6.45, 7) is 1.10. The van der Waals surface area contributed by atoms with Gasteiger partial charge in [0.15, 0.2) is 0 Å². The number of halogens is 6. The molecule has 0 bridgehead atoms. The average Bonchev–Trinajstić information content (AvgIpc) is 2.92. The molecule has 0 aliphatic rings. The van der Waals surface area contributed by atoms with Crippen LogP contribution in [0.25, 0.3) is 5.82 Å². The zero-order valence-electron chi connectivity index (χ0n) is 14.0. The van der Waals surface area contributed by atoms with Crippen molar-refractivity contribution in [3.05, 3.63) is 50.8 Å². The highest BCUT2D eigenvalue weighted by Crippen LogP contribution is 2.15. The number of aliphatic carboxylic acids is 1. The van der Waals surface area contributed by atoms with Gasteiger partial charge in [-0.15, -0.1) is 0 Å². The Morgan fingerprint density at radius 3 is 2.36 bits per heavy atom. The number of hydrogen-bond acceptors (Lipinski definition) is 5. The lowest BCUT2D eigenvalue weighted by Crippen LogP contribution is -2.27. The lowest BCUT2D eigenvalue weighted by molar-refractivity contribution is -0.192. The number of alkyl halides is 3. The number of nitrogens with two attached hydrogens (primary N) is 1. The van der Waals surface area contributed by atoms with E-state index in [1.54, 1.807) is 19.2 Å². The molecule has 0 amide bonds. The SMILES string of the molecule is Cc1cc(Br)cnc1-n1cnn(CC(CN)=C(F)F)c1=O.O=C(O)C(F)(F)F. The predicted molar refractivity (Wildman–Crippen MR) is 90.0 cm³/mol. The number of aromatic nitrogens is 4. The van der Waals surface area contributed by atoms with Crippen LogP contribution in [0.4, 0.5) is 22.0 Å². The second-order valence-corrected chi connectivity index (χ2v) is 6.02. The Kier molecular flexibility index (Phi) is 7.99. The van der Waals surface area contributed by atoms with Crippen molar-refractivity contribution < 1.29 is 31.9 Å². The third-order valence-electron chi connectivity index (χ3n) is 3.08. The van der Waals surface area contributed by atoms with Gasteiger partial charge in [-0.2, -0.15) is 27.1 Å². The van der Waals surface area contributed by atoms with E-state index >= 15 is 0 Å². The fourth-order valence-electron chi connectivity index (χ4n) is 1.76. The molecule has 8 nitrogen and oxygen atoms in total. The lowest BCUT2D eigenvalue weighted by atomic mass is 10.3. The van der Waals surface area contributed by atoms with E-state index in [0.717, 1.165) is 14.7 Å². The zero-order valence-corrected chi connectivity index (χ0v) is 15.6. The molecule has 0 atom stereocenters. The molecule has 0 unspecified atom stereocenters. The number of carboxylic acid groups (broad SMARTS) is 1. The van der Waals surface area contributed by atoms with E-state index in [4.69, 9.17) is 15.6 Å². The average molecular weight is 474 g/mol. The van der Waals surface area contributed by atoms with Crippen LogP contribution in [0.5, 0.6) is 0 Å². The molecule has 0 fully saturated rings. The van der Waals surface area contributed by atoms with Crippen molar-refractivity contribution in [2.45, 2.75) is 19.6 Å². The van der Waals surface area contributed by atoms with E-state index in [2.05, 4.69) is 26.0 Å². The van der Waals surface area contributed by atoms with Gasteiger partial charge in [0.2, 0.25) is 0 Å². The number of rotatable bonds is 4. The van der Waals surface area contributed by atoms with E-state index in [1.165, 1.54) is 10.9 Å². The van der Waals surface area contributed by atoms with Gasteiger partial charge in [-0.05, 0) is 34.5 Å². The molecule has 0 aliphatic heterocycles. The summed E-state index contributed by atoms with van der Waals surface area (Å²) in [4.78, 5) is 25.2. The fraction of sp³-hybridized carbons (Fsp3) is 0.286. The molecule has 14 heteroatoms. The molecule has 3 N–H and O–H groups in total. The van der Waals surface area contributed by atoms with Crippen molar-refractivity contribution in [2.75, 3.05) is 6.54 Å². The topological polar surface area (TPSA) is 116 Å². The van der Waals surface area contributed by atoms with Gasteiger partial charge in [-0.25, -0.2) is 23.8 Å². The zero-order chi connectivity index (χ0) is 21.6. The summed E-state index contributed by atoms with van der Waals surface area (Å²) in [5.41, 5.74) is 5.09. The number of aryl methyl sites for hydroxylation is 1. The van der Waals surface area contributed by atoms with Gasteiger partial charge in [-0.3, -0.25) is 0 Å². The Morgan fingerprint density at radius 2 is 1.93 bits per heavy atom. The van der Waals surface area contributed by atoms with Crippen LogP contribution in [0.3, 0.4) is 0 Å². The predicted octanol–water partition coefficient (Wildman–Crippen LogP) is 2.24. The first-order chi connectivity index (χ1) is 12.9. The van der Waals surface area contributed by atoms with Gasteiger partial charge in [0.1, 0.15) is 12.1 Å². The lowest BCUT2D eigenvalue weighted by Gasteiger charge is -2.04. The minimum Gasteiger partial charge on any atom is -0.475 e. The maximum Gasteiger partial charge on any atom is 0.490 e. The molecule has 2 rings (SSSR count). The normalized spacial score (nSPS) is 10.9. The summed E-state index contributed by atoms with van der Waals surface area (Å²) >= 11 is 3.28. The van der Waals surface area contributed by atoms with Gasteiger partial charge >= 0.3 is 17.8 Å². The Bertz CT molecular complexity index is 934. The Labute approximate surface area is 162 Å². The molecular weight excluding hydrogens is 461 g/mol. The number of carbonyl (C=O) groups is 1. The minimum absolute atomic E-state index is 0.331. The number of nitrogens with zero attached hydrogens (tertiary/aromatic N) is 4. The summed E-state index contributed by atoms with van der Waals surface area (Å²) in [5.74, 6) is -2.36. The van der Waals surface area contributed by atoms with Crippen molar-refractivity contribution in [1.82, 2.24) is 19.3 Å². The van der Waals surface area contributed by atoms with Gasteiger partial charge in [0.05, 0.1) is 6.54 Å². The van der Waals surface area contributed by atoms with Gasteiger partial charge in [-0.1, -0.05) is 0 Å². The van der Waals surface area contributed by atoms with E-state index < -0.39 is 23.9 Å². The minimum atomic E-state index is -5.08. The smallest absolute Gasteiger partial charge is 0.475 e. The molecule has 0 aliphatic carbocycles. The highest BCUT2D eigenvalue weighted by molar-refractivity contribution is 9.10. The third kappa shape index (κ3) is 6.23. The molecule has 2 heterocycles. The van der Waals surface area contributed by atoms with Crippen LogP contribution in [0, 0.1) is 6.92 Å². The standard InChI is InChI=1S/C12H12BrF2N5O.C2HF3O2/c1-7-2-9(13)4-17-11(7)19-6-18-20(12(19)21)5-8(3-16)10(14)15;3-2(4,5)1(6)7/h2,4,6H,3,5,16H2,1H3;(H,6,7). The van der Waals surface area contributed by atoms with Crippen molar-refractivity contribution in [1.29, 1.82) is 0 Å². The quantitative estimate of drug-likeness (QED) is 0.657. The van der Waals surface area contributed by atoms with Crippen LogP contribution in [-0.4, -0.2) is 43.1 Å². The summed E-state index contributed by atoms with van der Waals surface area (Å²) < 4.78 is 59.8. The summed E-state index contributed by atoms with van der Waals surface area (Å²) in [5, 5.41) is 10.9. The van der Waals surface area contributed by atoms with Gasteiger partial charge in [0.25, 0.3) is 6.08 Å². The van der Waals surface area contributed by atoms with Crippen molar-refractivity contribution in [2.24, 2.45) is 5.73 Å². The molecule has 0 spiro atoms. The van der Waals surface area contributed by atoms with E-state index in [1.807, 2.05) is 0 Å². The summed E-state index contributed by atoms with van der Waals surface area (Å²) in [6, 6.07) is 1.79. The summed E-state index contributed by atoms with van der Waals surface area (Å²) in [6.07, 6.45) is -4.19. The van der Waals surface area contributed by atoms with E-state index in [0.29, 0.717) is 5.82 Å². The molecule has 2 aromatic rings. The molecule has 0 radical (unpaired) electrons. The second kappa shape index (κ2) is 9.54. The molecule has 2 aromatic heterocycles. The second-order valence-electron chi connectivity index (χ2n) is 5.11. The van der Waals surface area contributed by atoms with Crippen molar-refractivity contribution in [3.63, 3.8) is 0 Å². The van der Waals surface area contributed by atoms with Crippen LogP contribution in [-0.2, 0) is 11.3 Å². The van der Waals surface area contributed by atoms with E-state index in [9.17, 15) is 26.7 Å². The van der Waals surface area contributed by atoms with Crippen LogP contribution in [0.1, 0.15) is 5.56 Å². The fourth-order valence-corrected chi connectivity index (χ4v) is 2.20. The number of carboxylic acids is 1. The highest BCUT2D eigenvalue weighted by Gasteiger charge is 2.38. The third-order valence-corrected chi connectivity index (χ3v) is 3.51. The largest absolute Gasteiger partial charge is 0.490 e. The van der Waals surface area contributed by atoms with Crippen LogP contribution >= 0.6 is 15.9 Å². The maximum absolute atomic E-state index is 12.6. The van der Waals surface area contributed by atoms with Crippen LogP contribution in [0.15, 0.2) is 39.5 Å². The van der Waals surface area contributed by atoms with Crippen molar-refractivity contribution >= 4 is 21.9 Å². The Hall–Kier alpha value is -2.61. The molecular formula is C14H13BrF5N5O3. The Balaban J connectivity index is 0.000000480. The first kappa shape index (κ1) is 23.4. The van der Waals surface area contributed by atoms with Crippen LogP contribution < -0.4 is 11.4 Å². The van der Waals surface area contributed by atoms with E-state index in [-0.39, 0.29) is 18.7 Å². The molecule has 0 saturated carbocycles. The molecule has 28 heavy (non-hydrogen) atoms. The monoisotopic (exact) mass is 473 g/mol. The molecule has 0 aromatic carbocycles. The Morgan fingerprint density at radius 1 is 1.36 bits per heavy atom. The molecule has 0 saturated heterocycles. The maximum atomic E-state index is 12.6. The number of pyridine rings is 1. The first-order valence-corrected chi connectivity index (χ1v) is 7.98.